The maximum absolute atomic E-state index is 12.6. The number of hydrogen-bond acceptors (Lipinski definition) is 5. The zero-order valence-electron chi connectivity index (χ0n) is 16.9. The molecule has 0 aliphatic carbocycles. The Morgan fingerprint density at radius 3 is 2.58 bits per heavy atom. The van der Waals surface area contributed by atoms with Crippen LogP contribution in [0, 0.1) is 0 Å². The van der Waals surface area contributed by atoms with E-state index in [1.807, 2.05) is 30.3 Å². The Morgan fingerprint density at radius 2 is 1.81 bits per heavy atom. The van der Waals surface area contributed by atoms with Crippen LogP contribution in [-0.4, -0.2) is 32.5 Å². The third kappa shape index (κ3) is 4.13. The Morgan fingerprint density at radius 1 is 1.00 bits per heavy atom. The van der Waals surface area contributed by atoms with Crippen LogP contribution in [-0.2, 0) is 4.79 Å². The SMILES string of the molecule is CNC(=O)c1ccc(Cl)c(NCC(=O)Nc2cc3oc4ccccc4c3cc2OC)c1. The first kappa shape index (κ1) is 20.6. The highest BCUT2D eigenvalue weighted by molar-refractivity contribution is 6.33. The van der Waals surface area contributed by atoms with Gasteiger partial charge in [-0.05, 0) is 30.3 Å². The maximum Gasteiger partial charge on any atom is 0.251 e. The van der Waals surface area contributed by atoms with Crippen LogP contribution < -0.4 is 20.7 Å². The number of benzene rings is 3. The minimum atomic E-state index is -0.310. The number of halogens is 1. The second-order valence-corrected chi connectivity index (χ2v) is 7.23. The molecule has 0 aliphatic heterocycles. The van der Waals surface area contributed by atoms with E-state index >= 15 is 0 Å². The predicted octanol–water partition coefficient (Wildman–Crippen LogP) is 4.66. The number of rotatable bonds is 6. The topological polar surface area (TPSA) is 92.6 Å². The average Bonchev–Trinajstić information content (AvgIpc) is 3.14. The van der Waals surface area contributed by atoms with Crippen molar-refractivity contribution in [3.05, 3.63) is 65.2 Å². The van der Waals surface area contributed by atoms with Crippen molar-refractivity contribution in [3.8, 4) is 5.75 Å². The van der Waals surface area contributed by atoms with Crippen molar-refractivity contribution in [1.29, 1.82) is 0 Å². The second-order valence-electron chi connectivity index (χ2n) is 6.82. The van der Waals surface area contributed by atoms with E-state index in [9.17, 15) is 9.59 Å². The lowest BCUT2D eigenvalue weighted by molar-refractivity contribution is -0.114. The summed E-state index contributed by atoms with van der Waals surface area (Å²) in [4.78, 5) is 24.4. The molecule has 0 saturated heterocycles. The smallest absolute Gasteiger partial charge is 0.251 e. The molecule has 7 nitrogen and oxygen atoms in total. The molecule has 0 saturated carbocycles. The van der Waals surface area contributed by atoms with Crippen molar-refractivity contribution in [2.75, 3.05) is 31.3 Å². The third-order valence-electron chi connectivity index (χ3n) is 4.87. The van der Waals surface area contributed by atoms with Gasteiger partial charge in [0.1, 0.15) is 16.9 Å². The molecule has 1 heterocycles. The van der Waals surface area contributed by atoms with Crippen LogP contribution in [0.25, 0.3) is 21.9 Å². The van der Waals surface area contributed by atoms with Gasteiger partial charge >= 0.3 is 0 Å². The molecule has 8 heteroatoms. The van der Waals surface area contributed by atoms with Crippen molar-refractivity contribution in [3.63, 3.8) is 0 Å². The molecule has 2 amide bonds. The number of nitrogens with one attached hydrogen (secondary N) is 3. The van der Waals surface area contributed by atoms with Gasteiger partial charge in [-0.25, -0.2) is 0 Å². The summed E-state index contributed by atoms with van der Waals surface area (Å²) in [5.74, 6) is -0.0322. The number of furan rings is 1. The molecular weight excluding hydrogens is 418 g/mol. The van der Waals surface area contributed by atoms with Crippen LogP contribution >= 0.6 is 11.6 Å². The van der Waals surface area contributed by atoms with Crippen LogP contribution in [0.3, 0.4) is 0 Å². The van der Waals surface area contributed by atoms with Gasteiger partial charge < -0.3 is 25.1 Å². The van der Waals surface area contributed by atoms with Gasteiger partial charge in [0.15, 0.2) is 0 Å². The standard InChI is InChI=1S/C23H20ClN3O4/c1-25-23(29)13-7-8-16(24)17(9-13)26-12-22(28)27-18-11-20-15(10-21(18)30-2)14-5-3-4-6-19(14)31-20/h3-11,26H,12H2,1-2H3,(H,25,29)(H,27,28). The quantitative estimate of drug-likeness (QED) is 0.408. The Hall–Kier alpha value is -3.71. The molecule has 0 spiro atoms. The van der Waals surface area contributed by atoms with E-state index in [0.29, 0.717) is 33.3 Å². The van der Waals surface area contributed by atoms with Gasteiger partial charge in [0.2, 0.25) is 5.91 Å². The fourth-order valence-corrected chi connectivity index (χ4v) is 3.52. The van der Waals surface area contributed by atoms with Crippen LogP contribution in [0.1, 0.15) is 10.4 Å². The largest absolute Gasteiger partial charge is 0.495 e. The first-order valence-electron chi connectivity index (χ1n) is 9.55. The number of fused-ring (bicyclic) bond motifs is 3. The van der Waals surface area contributed by atoms with Crippen LogP contribution in [0.2, 0.25) is 5.02 Å². The summed E-state index contributed by atoms with van der Waals surface area (Å²) in [7, 11) is 3.09. The Balaban J connectivity index is 1.53. The van der Waals surface area contributed by atoms with E-state index in [0.717, 1.165) is 16.4 Å². The van der Waals surface area contributed by atoms with Gasteiger partial charge in [-0.3, -0.25) is 9.59 Å². The van der Waals surface area contributed by atoms with Crippen LogP contribution in [0.15, 0.2) is 59.0 Å². The van der Waals surface area contributed by atoms with Gasteiger partial charge in [0.25, 0.3) is 5.91 Å². The van der Waals surface area contributed by atoms with Crippen LogP contribution in [0.4, 0.5) is 11.4 Å². The van der Waals surface area contributed by atoms with Crippen molar-refractivity contribution < 1.29 is 18.7 Å². The molecular formula is C23H20ClN3O4. The molecule has 31 heavy (non-hydrogen) atoms. The molecule has 4 aromatic rings. The Labute approximate surface area is 183 Å². The lowest BCUT2D eigenvalue weighted by Crippen LogP contribution is -2.22. The number of ether oxygens (including phenoxy) is 1. The molecule has 3 N–H and O–H groups in total. The molecule has 158 valence electrons. The number of hydrogen-bond donors (Lipinski definition) is 3. The molecule has 4 rings (SSSR count). The molecule has 3 aromatic carbocycles. The normalized spacial score (nSPS) is 10.8. The first-order valence-corrected chi connectivity index (χ1v) is 9.92. The fraction of sp³-hybridized carbons (Fsp3) is 0.130. The average molecular weight is 438 g/mol. The third-order valence-corrected chi connectivity index (χ3v) is 5.20. The monoisotopic (exact) mass is 437 g/mol. The summed E-state index contributed by atoms with van der Waals surface area (Å²) >= 11 is 6.18. The second kappa shape index (κ2) is 8.57. The minimum Gasteiger partial charge on any atom is -0.495 e. The van der Waals surface area contributed by atoms with Crippen molar-refractivity contribution in [2.45, 2.75) is 0 Å². The molecule has 0 aliphatic rings. The van der Waals surface area contributed by atoms with E-state index in [4.69, 9.17) is 20.8 Å². The lowest BCUT2D eigenvalue weighted by Gasteiger charge is -2.12. The summed E-state index contributed by atoms with van der Waals surface area (Å²) in [6.45, 7) is -0.0573. The summed E-state index contributed by atoms with van der Waals surface area (Å²) in [5, 5.41) is 10.6. The van der Waals surface area contributed by atoms with Crippen molar-refractivity contribution in [2.24, 2.45) is 0 Å². The summed E-state index contributed by atoms with van der Waals surface area (Å²) < 4.78 is 11.4. The van der Waals surface area contributed by atoms with E-state index in [1.165, 1.54) is 0 Å². The number of carbonyl (C=O) groups is 2. The number of methoxy groups -OCH3 is 1. The van der Waals surface area contributed by atoms with Gasteiger partial charge in [-0.2, -0.15) is 0 Å². The Kier molecular flexibility index (Phi) is 5.68. The molecule has 0 atom stereocenters. The predicted molar refractivity (Wildman–Crippen MR) is 122 cm³/mol. The highest BCUT2D eigenvalue weighted by Crippen LogP contribution is 2.36. The first-order chi connectivity index (χ1) is 15.0. The molecule has 0 radical (unpaired) electrons. The van der Waals surface area contributed by atoms with E-state index in [-0.39, 0.29) is 18.4 Å². The molecule has 0 unspecified atom stereocenters. The number of carbonyl (C=O) groups excluding carboxylic acids is 2. The van der Waals surface area contributed by atoms with Gasteiger partial charge in [0.05, 0.1) is 30.1 Å². The number of anilines is 2. The van der Waals surface area contributed by atoms with Gasteiger partial charge in [-0.1, -0.05) is 29.8 Å². The minimum absolute atomic E-state index is 0.0573. The fourth-order valence-electron chi connectivity index (χ4n) is 3.33. The van der Waals surface area contributed by atoms with Crippen LogP contribution in [0.5, 0.6) is 5.75 Å². The van der Waals surface area contributed by atoms with Crippen molar-refractivity contribution in [1.82, 2.24) is 5.32 Å². The van der Waals surface area contributed by atoms with Gasteiger partial charge in [0, 0.05) is 29.4 Å². The summed E-state index contributed by atoms with van der Waals surface area (Å²) in [6.07, 6.45) is 0. The highest BCUT2D eigenvalue weighted by atomic mass is 35.5. The number of amides is 2. The molecule has 0 fully saturated rings. The lowest BCUT2D eigenvalue weighted by atomic mass is 10.1. The van der Waals surface area contributed by atoms with Gasteiger partial charge in [-0.15, -0.1) is 0 Å². The molecule has 0 bridgehead atoms. The zero-order valence-corrected chi connectivity index (χ0v) is 17.7. The van der Waals surface area contributed by atoms with E-state index in [1.54, 1.807) is 38.4 Å². The molecule has 1 aromatic heterocycles. The number of para-hydroxylation sites is 1. The van der Waals surface area contributed by atoms with Crippen molar-refractivity contribution >= 4 is 56.7 Å². The summed E-state index contributed by atoms with van der Waals surface area (Å²) in [6, 6.07) is 16.1. The Bertz CT molecular complexity index is 1300. The summed E-state index contributed by atoms with van der Waals surface area (Å²) in [5.41, 5.74) is 2.82. The zero-order chi connectivity index (χ0) is 22.0. The van der Waals surface area contributed by atoms with E-state index < -0.39 is 0 Å². The van der Waals surface area contributed by atoms with E-state index in [2.05, 4.69) is 16.0 Å². The highest BCUT2D eigenvalue weighted by Gasteiger charge is 2.15. The maximum atomic E-state index is 12.6.